The minimum absolute atomic E-state index is 0.0368. The number of allylic oxidation sites excluding steroid dienone is 5. The van der Waals surface area contributed by atoms with Crippen LogP contribution in [0.3, 0.4) is 0 Å². The Kier molecular flexibility index (Phi) is 5.01. The summed E-state index contributed by atoms with van der Waals surface area (Å²) < 4.78 is 4.33. The topological polar surface area (TPSA) is 51.1 Å². The van der Waals surface area contributed by atoms with Gasteiger partial charge in [0.1, 0.15) is 0 Å². The number of nitrogens with one attached hydrogen (secondary N) is 2. The number of aryl methyl sites for hydroxylation is 1. The van der Waals surface area contributed by atoms with E-state index in [-0.39, 0.29) is 12.1 Å². The number of anilines is 1. The molecule has 0 saturated carbocycles. The number of dihydropyridines is 1. The molecule has 186 valence electrons. The molecular weight excluding hydrogens is 476 g/mol. The summed E-state index contributed by atoms with van der Waals surface area (Å²) in [7, 11) is 0. The molecule has 3 aliphatic heterocycles. The molecule has 1 aliphatic carbocycles. The number of pyridine rings is 1. The van der Waals surface area contributed by atoms with Crippen molar-refractivity contribution in [3.63, 3.8) is 0 Å². The summed E-state index contributed by atoms with van der Waals surface area (Å²) >= 11 is 0. The molecule has 0 fully saturated rings. The Morgan fingerprint density at radius 3 is 2.64 bits per heavy atom. The summed E-state index contributed by atoms with van der Waals surface area (Å²) in [6.07, 6.45) is 21.6. The summed E-state index contributed by atoms with van der Waals surface area (Å²) in [6.45, 7) is 0. The molecule has 0 saturated heterocycles. The van der Waals surface area contributed by atoms with E-state index < -0.39 is 0 Å². The maximum atomic E-state index is 5.13. The molecule has 39 heavy (non-hydrogen) atoms. The Balaban J connectivity index is 1.16. The van der Waals surface area contributed by atoms with E-state index in [9.17, 15) is 0 Å². The fourth-order valence-electron chi connectivity index (χ4n) is 6.01. The molecule has 4 aliphatic rings. The van der Waals surface area contributed by atoms with Crippen molar-refractivity contribution in [3.05, 3.63) is 125 Å². The van der Waals surface area contributed by atoms with E-state index in [1.165, 1.54) is 32.8 Å². The SMILES string of the molecule is C1=Cc2cc3nc(C4=CC(C5=CC=[N+]=C5)=CC(C5C=Cc6cc7ccccc7cc6N5)N4)ccc3cc2CC1. The van der Waals surface area contributed by atoms with Crippen molar-refractivity contribution in [3.8, 4) is 0 Å². The van der Waals surface area contributed by atoms with Gasteiger partial charge in [-0.2, -0.15) is 0 Å². The summed E-state index contributed by atoms with van der Waals surface area (Å²) in [4.78, 5) is 5.13. The van der Waals surface area contributed by atoms with Crippen molar-refractivity contribution in [1.82, 2.24) is 15.0 Å². The van der Waals surface area contributed by atoms with Crippen molar-refractivity contribution < 1.29 is 0 Å². The Morgan fingerprint density at radius 2 is 1.74 bits per heavy atom. The number of benzene rings is 3. The van der Waals surface area contributed by atoms with Crippen molar-refractivity contribution >= 4 is 57.6 Å². The van der Waals surface area contributed by atoms with Crippen LogP contribution in [0.15, 0.2) is 102 Å². The van der Waals surface area contributed by atoms with Gasteiger partial charge >= 0.3 is 0 Å². The van der Waals surface area contributed by atoms with Gasteiger partial charge in [-0.15, -0.1) is 4.67 Å². The van der Waals surface area contributed by atoms with Crippen LogP contribution in [-0.2, 0) is 6.42 Å². The molecule has 4 heteroatoms. The molecular formula is C35H27N4+. The summed E-state index contributed by atoms with van der Waals surface area (Å²) in [5.74, 6) is 0. The van der Waals surface area contributed by atoms with Crippen LogP contribution in [0.25, 0.3) is 39.5 Å². The minimum atomic E-state index is 0.0368. The fourth-order valence-corrected chi connectivity index (χ4v) is 6.01. The molecule has 8 rings (SSSR count). The maximum Gasteiger partial charge on any atom is 0.300 e. The lowest BCUT2D eigenvalue weighted by Gasteiger charge is -2.33. The third-order valence-corrected chi connectivity index (χ3v) is 8.08. The lowest BCUT2D eigenvalue weighted by molar-refractivity contribution is 0.654. The van der Waals surface area contributed by atoms with Crippen LogP contribution in [0.4, 0.5) is 5.69 Å². The van der Waals surface area contributed by atoms with Crippen molar-refractivity contribution in [2.45, 2.75) is 24.9 Å². The Labute approximate surface area is 227 Å². The Hall–Kier alpha value is -4.92. The third-order valence-electron chi connectivity index (χ3n) is 8.08. The van der Waals surface area contributed by atoms with Crippen LogP contribution >= 0.6 is 0 Å². The predicted molar refractivity (Wildman–Crippen MR) is 165 cm³/mol. The first-order chi connectivity index (χ1) is 19.3. The van der Waals surface area contributed by atoms with Crippen LogP contribution in [0, 0.1) is 0 Å². The minimum Gasteiger partial charge on any atom is -0.376 e. The van der Waals surface area contributed by atoms with Gasteiger partial charge in [-0.3, -0.25) is 0 Å². The summed E-state index contributed by atoms with van der Waals surface area (Å²) in [6, 6.07) is 22.0. The van der Waals surface area contributed by atoms with Gasteiger partial charge in [-0.1, -0.05) is 60.7 Å². The maximum absolute atomic E-state index is 5.13. The Bertz CT molecular complexity index is 1910. The standard InChI is InChI=1S/C35H27N4/c1-3-7-24-17-32-26(15-22(24)5-1)9-11-30(37-32)34-19-29(28-13-14-36-21-28)20-35(39-34)31-12-10-27-16-23-6-2-4-8-25(23)18-33(27)38-31/h1,3-5,7-21,30,34,37,39H,2,6H2/q+1. The molecule has 4 aromatic rings. The zero-order valence-electron chi connectivity index (χ0n) is 21.4. The molecule has 4 heterocycles. The van der Waals surface area contributed by atoms with Crippen LogP contribution < -0.4 is 15.3 Å². The first-order valence-electron chi connectivity index (χ1n) is 13.6. The average molecular weight is 504 g/mol. The van der Waals surface area contributed by atoms with Gasteiger partial charge in [0.2, 0.25) is 0 Å². The van der Waals surface area contributed by atoms with Gasteiger partial charge < -0.3 is 10.6 Å². The van der Waals surface area contributed by atoms with Gasteiger partial charge in [-0.05, 0) is 82.3 Å². The van der Waals surface area contributed by atoms with E-state index in [2.05, 4.69) is 118 Å². The third kappa shape index (κ3) is 3.94. The van der Waals surface area contributed by atoms with Crippen molar-refractivity contribution in [1.29, 1.82) is 0 Å². The van der Waals surface area contributed by atoms with Crippen LogP contribution in [0.2, 0.25) is 0 Å². The molecule has 0 spiro atoms. The first kappa shape index (κ1) is 22.1. The van der Waals surface area contributed by atoms with E-state index in [0.29, 0.717) is 0 Å². The zero-order valence-corrected chi connectivity index (χ0v) is 21.4. The molecule has 1 aromatic heterocycles. The smallest absolute Gasteiger partial charge is 0.300 e. The lowest BCUT2D eigenvalue weighted by Crippen LogP contribution is -2.43. The number of fused-ring (bicyclic) bond motifs is 4. The predicted octanol–water partition coefficient (Wildman–Crippen LogP) is 6.24. The number of rotatable bonds is 3. The second-order valence-corrected chi connectivity index (χ2v) is 10.6. The second kappa shape index (κ2) is 8.83. The number of nitrogens with zero attached hydrogens (tertiary/aromatic N) is 2. The fraction of sp³-hybridized carbons (Fsp3) is 0.114. The molecule has 2 unspecified atom stereocenters. The first-order valence-corrected chi connectivity index (χ1v) is 13.6. The molecule has 0 bridgehead atoms. The van der Waals surface area contributed by atoms with Crippen LogP contribution in [0.5, 0.6) is 0 Å². The number of hydrogen-bond donors (Lipinski definition) is 2. The van der Waals surface area contributed by atoms with E-state index in [1.807, 2.05) is 12.4 Å². The van der Waals surface area contributed by atoms with Gasteiger partial charge in [0.15, 0.2) is 0 Å². The summed E-state index contributed by atoms with van der Waals surface area (Å²) in [5.41, 5.74) is 10.3. The van der Waals surface area contributed by atoms with E-state index >= 15 is 0 Å². The normalized spacial score (nSPS) is 20.7. The highest BCUT2D eigenvalue weighted by Crippen LogP contribution is 2.32. The highest BCUT2D eigenvalue weighted by Gasteiger charge is 2.27. The van der Waals surface area contributed by atoms with Gasteiger partial charge in [0, 0.05) is 17.1 Å². The highest BCUT2D eigenvalue weighted by atomic mass is 15.0. The molecule has 4 nitrogen and oxygen atoms in total. The molecule has 0 radical (unpaired) electrons. The monoisotopic (exact) mass is 503 g/mol. The highest BCUT2D eigenvalue weighted by molar-refractivity contribution is 5.99. The van der Waals surface area contributed by atoms with Gasteiger partial charge in [0.05, 0.1) is 34.6 Å². The molecule has 2 N–H and O–H groups in total. The average Bonchev–Trinajstić information content (AvgIpc) is 3.53. The molecule has 2 atom stereocenters. The van der Waals surface area contributed by atoms with E-state index in [4.69, 9.17) is 4.98 Å². The van der Waals surface area contributed by atoms with Gasteiger partial charge in [0.25, 0.3) is 12.4 Å². The molecule has 3 aromatic carbocycles. The van der Waals surface area contributed by atoms with E-state index in [1.54, 1.807) is 0 Å². The lowest BCUT2D eigenvalue weighted by atomic mass is 9.92. The Morgan fingerprint density at radius 1 is 0.821 bits per heavy atom. The largest absolute Gasteiger partial charge is 0.376 e. The quantitative estimate of drug-likeness (QED) is 0.325. The second-order valence-electron chi connectivity index (χ2n) is 10.6. The van der Waals surface area contributed by atoms with E-state index in [0.717, 1.165) is 46.6 Å². The number of hydrogen-bond acceptors (Lipinski definition) is 3. The van der Waals surface area contributed by atoms with Crippen LogP contribution in [0.1, 0.15) is 28.8 Å². The van der Waals surface area contributed by atoms with Crippen molar-refractivity contribution in [2.24, 2.45) is 0 Å². The molecule has 0 amide bonds. The number of aromatic nitrogens is 1. The van der Waals surface area contributed by atoms with Crippen molar-refractivity contribution in [2.75, 3.05) is 5.32 Å². The zero-order chi connectivity index (χ0) is 25.8. The summed E-state index contributed by atoms with van der Waals surface area (Å²) in [5, 5.41) is 11.3. The van der Waals surface area contributed by atoms with Gasteiger partial charge in [-0.25, -0.2) is 4.98 Å². The van der Waals surface area contributed by atoms with Crippen LogP contribution in [-0.4, -0.2) is 29.5 Å².